The molecule has 0 fully saturated rings. The Kier molecular flexibility index (Phi) is 4.53. The lowest BCUT2D eigenvalue weighted by Gasteiger charge is -1.97. The van der Waals surface area contributed by atoms with Crippen LogP contribution in [-0.4, -0.2) is 25.3 Å². The van der Waals surface area contributed by atoms with Gasteiger partial charge in [-0.3, -0.25) is 5.10 Å². The number of hydrogen-bond acceptors (Lipinski definition) is 6. The average molecular weight is 315 g/mol. The molecule has 2 aromatic heterocycles. The minimum atomic E-state index is 0.557. The molecule has 0 radical (unpaired) electrons. The van der Waals surface area contributed by atoms with Crippen LogP contribution < -0.4 is 0 Å². The van der Waals surface area contributed by atoms with Crippen LogP contribution in [0.2, 0.25) is 0 Å². The number of thioether (sulfide) groups is 1. The number of rotatable bonds is 6. The second-order valence-electron chi connectivity index (χ2n) is 4.77. The Labute approximate surface area is 132 Å². The number of aryl methyl sites for hydroxylation is 2. The van der Waals surface area contributed by atoms with E-state index in [-0.39, 0.29) is 0 Å². The van der Waals surface area contributed by atoms with Gasteiger partial charge in [0.25, 0.3) is 0 Å². The van der Waals surface area contributed by atoms with Crippen molar-refractivity contribution in [3.8, 4) is 11.4 Å². The quantitative estimate of drug-likeness (QED) is 0.703. The van der Waals surface area contributed by atoms with Gasteiger partial charge >= 0.3 is 0 Å². The normalized spacial score (nSPS) is 11.0. The highest BCUT2D eigenvalue weighted by Crippen LogP contribution is 2.21. The highest BCUT2D eigenvalue weighted by atomic mass is 32.2. The van der Waals surface area contributed by atoms with Crippen LogP contribution in [0.15, 0.2) is 33.9 Å². The van der Waals surface area contributed by atoms with Crippen LogP contribution in [0.4, 0.5) is 0 Å². The van der Waals surface area contributed by atoms with Crippen molar-refractivity contribution < 1.29 is 4.52 Å². The smallest absolute Gasteiger partial charge is 0.237 e. The third-order valence-electron chi connectivity index (χ3n) is 3.26. The van der Waals surface area contributed by atoms with Crippen LogP contribution in [0.5, 0.6) is 0 Å². The van der Waals surface area contributed by atoms with Gasteiger partial charge in [0, 0.05) is 12.0 Å². The van der Waals surface area contributed by atoms with Crippen molar-refractivity contribution >= 4 is 11.8 Å². The molecule has 0 saturated heterocycles. The summed E-state index contributed by atoms with van der Waals surface area (Å²) in [5, 5.41) is 11.7. The molecule has 114 valence electrons. The van der Waals surface area contributed by atoms with E-state index in [1.165, 1.54) is 17.3 Å². The molecule has 3 aromatic rings. The van der Waals surface area contributed by atoms with E-state index in [0.717, 1.165) is 24.2 Å². The number of aromatic amines is 1. The molecule has 0 spiro atoms. The second kappa shape index (κ2) is 6.74. The molecule has 2 heterocycles. The molecule has 0 aliphatic rings. The van der Waals surface area contributed by atoms with Gasteiger partial charge in [-0.2, -0.15) is 4.98 Å². The summed E-state index contributed by atoms with van der Waals surface area (Å²) in [6, 6.07) is 8.20. The summed E-state index contributed by atoms with van der Waals surface area (Å²) in [7, 11) is 0. The molecule has 0 aliphatic heterocycles. The zero-order valence-electron chi connectivity index (χ0n) is 12.5. The Bertz CT molecular complexity index is 734. The SMILES string of the molecule is CCc1ccc(-c2noc(CSc3n[nH]c(CC)n3)n2)cc1. The van der Waals surface area contributed by atoms with Crippen molar-refractivity contribution in [3.63, 3.8) is 0 Å². The molecule has 0 saturated carbocycles. The molecule has 3 rings (SSSR count). The largest absolute Gasteiger partial charge is 0.338 e. The first kappa shape index (κ1) is 14.8. The molecular formula is C15H17N5OS. The fraction of sp³-hybridized carbons (Fsp3) is 0.333. The molecule has 0 unspecified atom stereocenters. The topological polar surface area (TPSA) is 80.5 Å². The van der Waals surface area contributed by atoms with Gasteiger partial charge in [0.2, 0.25) is 16.9 Å². The van der Waals surface area contributed by atoms with Crippen LogP contribution in [0.3, 0.4) is 0 Å². The summed E-state index contributed by atoms with van der Waals surface area (Å²) in [5.74, 6) is 2.62. The van der Waals surface area contributed by atoms with Crippen LogP contribution in [0.1, 0.15) is 31.1 Å². The summed E-state index contributed by atoms with van der Waals surface area (Å²) in [4.78, 5) is 8.75. The first-order valence-electron chi connectivity index (χ1n) is 7.24. The Balaban J connectivity index is 1.65. The van der Waals surface area contributed by atoms with Crippen LogP contribution in [-0.2, 0) is 18.6 Å². The summed E-state index contributed by atoms with van der Waals surface area (Å²) < 4.78 is 5.28. The molecule has 1 N–H and O–H groups in total. The molecular weight excluding hydrogens is 298 g/mol. The highest BCUT2D eigenvalue weighted by molar-refractivity contribution is 7.98. The first-order valence-corrected chi connectivity index (χ1v) is 8.23. The average Bonchev–Trinajstić information content (AvgIpc) is 3.22. The van der Waals surface area contributed by atoms with Crippen molar-refractivity contribution in [2.24, 2.45) is 0 Å². The van der Waals surface area contributed by atoms with Crippen molar-refractivity contribution in [3.05, 3.63) is 41.5 Å². The number of aromatic nitrogens is 5. The van der Waals surface area contributed by atoms with Crippen molar-refractivity contribution in [2.45, 2.75) is 37.6 Å². The van der Waals surface area contributed by atoms with E-state index < -0.39 is 0 Å². The van der Waals surface area contributed by atoms with Crippen molar-refractivity contribution in [2.75, 3.05) is 0 Å². The third-order valence-corrected chi connectivity index (χ3v) is 4.09. The van der Waals surface area contributed by atoms with E-state index in [1.54, 1.807) is 0 Å². The number of benzene rings is 1. The van der Waals surface area contributed by atoms with E-state index in [2.05, 4.69) is 44.4 Å². The maximum atomic E-state index is 5.28. The molecule has 7 heteroatoms. The molecule has 0 amide bonds. The van der Waals surface area contributed by atoms with Gasteiger partial charge in [-0.05, 0) is 12.0 Å². The first-order chi connectivity index (χ1) is 10.8. The van der Waals surface area contributed by atoms with Crippen molar-refractivity contribution in [1.82, 2.24) is 25.3 Å². The second-order valence-corrected chi connectivity index (χ2v) is 5.71. The van der Waals surface area contributed by atoms with Gasteiger partial charge in [0.15, 0.2) is 0 Å². The number of nitrogens with one attached hydrogen (secondary N) is 1. The van der Waals surface area contributed by atoms with E-state index in [0.29, 0.717) is 22.6 Å². The zero-order valence-corrected chi connectivity index (χ0v) is 13.4. The van der Waals surface area contributed by atoms with E-state index >= 15 is 0 Å². The van der Waals surface area contributed by atoms with E-state index in [4.69, 9.17) is 4.52 Å². The summed E-state index contributed by atoms with van der Waals surface area (Å²) in [6.45, 7) is 4.16. The predicted octanol–water partition coefficient (Wildman–Crippen LogP) is 3.27. The lowest BCUT2D eigenvalue weighted by atomic mass is 10.1. The fourth-order valence-electron chi connectivity index (χ4n) is 1.95. The maximum absolute atomic E-state index is 5.28. The number of hydrogen-bond donors (Lipinski definition) is 1. The van der Waals surface area contributed by atoms with E-state index in [9.17, 15) is 0 Å². The van der Waals surface area contributed by atoms with Gasteiger partial charge in [-0.1, -0.05) is 55.0 Å². The number of nitrogens with zero attached hydrogens (tertiary/aromatic N) is 4. The Morgan fingerprint density at radius 3 is 2.59 bits per heavy atom. The Hall–Kier alpha value is -2.15. The molecule has 0 aliphatic carbocycles. The monoisotopic (exact) mass is 315 g/mol. The van der Waals surface area contributed by atoms with Gasteiger partial charge in [0.1, 0.15) is 5.82 Å². The molecule has 1 aromatic carbocycles. The fourth-order valence-corrected chi connectivity index (χ4v) is 2.60. The minimum Gasteiger partial charge on any atom is -0.338 e. The van der Waals surface area contributed by atoms with Crippen LogP contribution >= 0.6 is 11.8 Å². The van der Waals surface area contributed by atoms with Gasteiger partial charge in [-0.15, -0.1) is 5.10 Å². The van der Waals surface area contributed by atoms with E-state index in [1.807, 2.05) is 19.1 Å². The Morgan fingerprint density at radius 2 is 1.91 bits per heavy atom. The highest BCUT2D eigenvalue weighted by Gasteiger charge is 2.10. The van der Waals surface area contributed by atoms with Crippen LogP contribution in [0.25, 0.3) is 11.4 Å². The molecule has 6 nitrogen and oxygen atoms in total. The number of H-pyrrole nitrogens is 1. The summed E-state index contributed by atoms with van der Waals surface area (Å²) in [6.07, 6.45) is 1.86. The predicted molar refractivity (Wildman–Crippen MR) is 84.4 cm³/mol. The van der Waals surface area contributed by atoms with Gasteiger partial charge in [-0.25, -0.2) is 4.98 Å². The third kappa shape index (κ3) is 3.36. The van der Waals surface area contributed by atoms with Gasteiger partial charge < -0.3 is 4.52 Å². The molecule has 0 bridgehead atoms. The maximum Gasteiger partial charge on any atom is 0.237 e. The standard InChI is InChI=1S/C15H17N5OS/c1-3-10-5-7-11(8-6-10)14-17-13(21-20-14)9-22-15-16-12(4-2)18-19-15/h5-8H,3-4,9H2,1-2H3,(H,16,18,19). The molecule has 22 heavy (non-hydrogen) atoms. The lowest BCUT2D eigenvalue weighted by molar-refractivity contribution is 0.391. The lowest BCUT2D eigenvalue weighted by Crippen LogP contribution is -1.85. The zero-order chi connectivity index (χ0) is 15.4. The van der Waals surface area contributed by atoms with Crippen LogP contribution in [0, 0.1) is 0 Å². The van der Waals surface area contributed by atoms with Gasteiger partial charge in [0.05, 0.1) is 5.75 Å². The Morgan fingerprint density at radius 1 is 1.09 bits per heavy atom. The minimum absolute atomic E-state index is 0.557. The molecule has 0 atom stereocenters. The summed E-state index contributed by atoms with van der Waals surface area (Å²) in [5.41, 5.74) is 2.25. The summed E-state index contributed by atoms with van der Waals surface area (Å²) >= 11 is 1.47. The van der Waals surface area contributed by atoms with Crippen molar-refractivity contribution in [1.29, 1.82) is 0 Å².